The molecule has 1 atom stereocenters. The Kier molecular flexibility index (Phi) is 34.0. The lowest BCUT2D eigenvalue weighted by molar-refractivity contribution is -0.148. The minimum absolute atomic E-state index is 0.0670. The van der Waals surface area contributed by atoms with Crippen molar-refractivity contribution in [1.82, 2.24) is 5.32 Å². The number of rotatable bonds is 36. The van der Waals surface area contributed by atoms with Crippen LogP contribution in [0.25, 0.3) is 0 Å². The first-order valence-corrected chi connectivity index (χ1v) is 19.7. The quantitative estimate of drug-likeness (QED) is 0.0526. The lowest BCUT2D eigenvalue weighted by Gasteiger charge is -2.17. The van der Waals surface area contributed by atoms with Crippen molar-refractivity contribution < 1.29 is 24.2 Å². The molecular weight excluding hydrogens is 562 g/mol. The van der Waals surface area contributed by atoms with E-state index in [0.717, 1.165) is 38.5 Å². The number of hydrogen-bond acceptors (Lipinski definition) is 4. The average molecular weight is 638 g/mol. The molecular formula is C39H75NO5. The van der Waals surface area contributed by atoms with Crippen molar-refractivity contribution in [3.8, 4) is 0 Å². The summed E-state index contributed by atoms with van der Waals surface area (Å²) < 4.78 is 5.43. The highest BCUT2D eigenvalue weighted by Gasteiger charge is 2.23. The summed E-state index contributed by atoms with van der Waals surface area (Å²) in [5.74, 6) is -1.67. The molecule has 0 aromatic heterocycles. The fourth-order valence-electron chi connectivity index (χ4n) is 6.01. The van der Waals surface area contributed by atoms with E-state index in [4.69, 9.17) is 9.84 Å². The molecule has 0 aromatic carbocycles. The Morgan fingerprint density at radius 3 is 1.18 bits per heavy atom. The summed E-state index contributed by atoms with van der Waals surface area (Å²) >= 11 is 0. The zero-order valence-corrected chi connectivity index (χ0v) is 30.0. The molecule has 0 heterocycles. The molecule has 0 rings (SSSR count). The van der Waals surface area contributed by atoms with E-state index in [1.54, 1.807) is 0 Å². The van der Waals surface area contributed by atoms with E-state index in [1.165, 1.54) is 148 Å². The zero-order valence-electron chi connectivity index (χ0n) is 30.0. The Morgan fingerprint density at radius 2 is 0.822 bits per heavy atom. The minimum Gasteiger partial charge on any atom is -0.481 e. The lowest BCUT2D eigenvalue weighted by atomic mass is 10.0. The summed E-state index contributed by atoms with van der Waals surface area (Å²) in [4.78, 5) is 36.2. The van der Waals surface area contributed by atoms with Crippen molar-refractivity contribution in [2.24, 2.45) is 0 Å². The molecule has 6 heteroatoms. The summed E-state index contributed by atoms with van der Waals surface area (Å²) in [6.07, 6.45) is 37.1. The number of esters is 1. The highest BCUT2D eigenvalue weighted by Crippen LogP contribution is 2.15. The van der Waals surface area contributed by atoms with Crippen LogP contribution in [0.1, 0.15) is 219 Å². The van der Waals surface area contributed by atoms with Crippen LogP contribution in [0.15, 0.2) is 0 Å². The molecule has 0 unspecified atom stereocenters. The molecule has 45 heavy (non-hydrogen) atoms. The van der Waals surface area contributed by atoms with Crippen LogP contribution in [-0.4, -0.2) is 35.6 Å². The molecule has 0 saturated carbocycles. The molecule has 1 amide bonds. The van der Waals surface area contributed by atoms with E-state index in [0.29, 0.717) is 13.0 Å². The van der Waals surface area contributed by atoms with Gasteiger partial charge in [-0.3, -0.25) is 9.59 Å². The summed E-state index contributed by atoms with van der Waals surface area (Å²) in [5.41, 5.74) is 0. The van der Waals surface area contributed by atoms with E-state index in [9.17, 15) is 14.4 Å². The molecule has 0 aliphatic carbocycles. The third kappa shape index (κ3) is 33.6. The van der Waals surface area contributed by atoms with Gasteiger partial charge in [0.2, 0.25) is 5.91 Å². The molecule has 0 aromatic rings. The molecule has 0 saturated heterocycles. The third-order valence-electron chi connectivity index (χ3n) is 9.02. The number of carbonyl (C=O) groups is 3. The topological polar surface area (TPSA) is 92.7 Å². The Labute approximate surface area is 279 Å². The van der Waals surface area contributed by atoms with E-state index >= 15 is 0 Å². The van der Waals surface area contributed by atoms with E-state index in [1.807, 2.05) is 0 Å². The molecule has 6 nitrogen and oxygen atoms in total. The van der Waals surface area contributed by atoms with Gasteiger partial charge in [0.25, 0.3) is 0 Å². The molecule has 266 valence electrons. The van der Waals surface area contributed by atoms with Crippen LogP contribution in [0.2, 0.25) is 0 Å². The van der Waals surface area contributed by atoms with Crippen LogP contribution in [-0.2, 0) is 19.1 Å². The van der Waals surface area contributed by atoms with Gasteiger partial charge in [0.1, 0.15) is 6.04 Å². The summed E-state index contributed by atoms with van der Waals surface area (Å²) in [6, 6.07) is -0.878. The van der Waals surface area contributed by atoms with Crippen molar-refractivity contribution in [1.29, 1.82) is 0 Å². The van der Waals surface area contributed by atoms with Crippen molar-refractivity contribution in [3.63, 3.8) is 0 Å². The average Bonchev–Trinajstić information content (AvgIpc) is 3.02. The summed E-state index contributed by atoms with van der Waals surface area (Å²) in [6.45, 7) is 4.85. The Balaban J connectivity index is 3.82. The molecule has 0 spiro atoms. The smallest absolute Gasteiger partial charge is 0.328 e. The maximum atomic E-state index is 12.6. The van der Waals surface area contributed by atoms with Crippen LogP contribution < -0.4 is 5.32 Å². The number of carboxylic acid groups (broad SMARTS) is 1. The first-order valence-electron chi connectivity index (χ1n) is 19.7. The SMILES string of the molecule is CCCCCCCCCCCCCCCCCC(=O)N[C@@H](CCC(=O)O)C(=O)OCCCCCCCCCCCCCCCC. The second kappa shape index (κ2) is 35.3. The molecule has 0 aliphatic rings. The van der Waals surface area contributed by atoms with Gasteiger partial charge < -0.3 is 15.2 Å². The minimum atomic E-state index is -0.976. The molecule has 2 N–H and O–H groups in total. The zero-order chi connectivity index (χ0) is 33.1. The largest absolute Gasteiger partial charge is 0.481 e. The van der Waals surface area contributed by atoms with Crippen LogP contribution in [0.3, 0.4) is 0 Å². The predicted molar refractivity (Wildman–Crippen MR) is 190 cm³/mol. The fraction of sp³-hybridized carbons (Fsp3) is 0.923. The van der Waals surface area contributed by atoms with Gasteiger partial charge >= 0.3 is 11.9 Å². The second-order valence-electron chi connectivity index (χ2n) is 13.5. The lowest BCUT2D eigenvalue weighted by Crippen LogP contribution is -2.42. The first-order chi connectivity index (χ1) is 22.0. The van der Waals surface area contributed by atoms with Gasteiger partial charge in [0.05, 0.1) is 6.61 Å². The van der Waals surface area contributed by atoms with Gasteiger partial charge in [-0.25, -0.2) is 4.79 Å². The monoisotopic (exact) mass is 638 g/mol. The van der Waals surface area contributed by atoms with Crippen molar-refractivity contribution in [2.75, 3.05) is 6.61 Å². The molecule has 0 bridgehead atoms. The molecule has 0 radical (unpaired) electrons. The normalized spacial score (nSPS) is 11.9. The molecule has 0 aliphatic heterocycles. The third-order valence-corrected chi connectivity index (χ3v) is 9.02. The number of unbranched alkanes of at least 4 members (excludes halogenated alkanes) is 27. The summed E-state index contributed by atoms with van der Waals surface area (Å²) in [7, 11) is 0. The van der Waals surface area contributed by atoms with Crippen LogP contribution >= 0.6 is 0 Å². The van der Waals surface area contributed by atoms with Gasteiger partial charge in [-0.1, -0.05) is 187 Å². The number of carbonyl (C=O) groups excluding carboxylic acids is 2. The maximum absolute atomic E-state index is 12.6. The van der Waals surface area contributed by atoms with Gasteiger partial charge in [-0.05, 0) is 19.3 Å². The van der Waals surface area contributed by atoms with Gasteiger partial charge in [0, 0.05) is 12.8 Å². The number of hydrogen-bond donors (Lipinski definition) is 2. The number of aliphatic carboxylic acids is 1. The predicted octanol–water partition coefficient (Wildman–Crippen LogP) is 11.6. The van der Waals surface area contributed by atoms with Gasteiger partial charge in [0.15, 0.2) is 0 Å². The first kappa shape index (κ1) is 43.4. The van der Waals surface area contributed by atoms with Gasteiger partial charge in [-0.15, -0.1) is 0 Å². The Bertz CT molecular complexity index is 668. The Hall–Kier alpha value is -1.59. The molecule has 0 fully saturated rings. The number of amides is 1. The fourth-order valence-corrected chi connectivity index (χ4v) is 6.01. The van der Waals surface area contributed by atoms with Crippen LogP contribution in [0.5, 0.6) is 0 Å². The van der Waals surface area contributed by atoms with Crippen molar-refractivity contribution in [2.45, 2.75) is 225 Å². The van der Waals surface area contributed by atoms with Crippen molar-refractivity contribution >= 4 is 17.8 Å². The number of nitrogens with one attached hydrogen (secondary N) is 1. The van der Waals surface area contributed by atoms with E-state index < -0.39 is 18.0 Å². The Morgan fingerprint density at radius 1 is 0.489 bits per heavy atom. The summed E-state index contributed by atoms with van der Waals surface area (Å²) in [5, 5.41) is 11.8. The van der Waals surface area contributed by atoms with E-state index in [2.05, 4.69) is 19.2 Å². The highest BCUT2D eigenvalue weighted by molar-refractivity contribution is 5.84. The standard InChI is InChI=1S/C39H75NO5/c1-3-5-7-9-11-13-15-17-19-20-22-24-26-28-30-32-37(41)40-36(33-34-38(42)43)39(44)45-35-31-29-27-25-23-21-18-16-14-12-10-8-6-4-2/h36H,3-35H2,1-2H3,(H,40,41)(H,42,43)/t36-/m0/s1. The van der Waals surface area contributed by atoms with Crippen molar-refractivity contribution in [3.05, 3.63) is 0 Å². The number of carboxylic acids is 1. The maximum Gasteiger partial charge on any atom is 0.328 e. The van der Waals surface area contributed by atoms with Crippen LogP contribution in [0.4, 0.5) is 0 Å². The van der Waals surface area contributed by atoms with Gasteiger partial charge in [-0.2, -0.15) is 0 Å². The van der Waals surface area contributed by atoms with Crippen LogP contribution in [0, 0.1) is 0 Å². The number of ether oxygens (including phenoxy) is 1. The van der Waals surface area contributed by atoms with E-state index in [-0.39, 0.29) is 18.7 Å². The second-order valence-corrected chi connectivity index (χ2v) is 13.5. The highest BCUT2D eigenvalue weighted by atomic mass is 16.5.